The Morgan fingerprint density at radius 3 is 2.29 bits per heavy atom. The van der Waals surface area contributed by atoms with Gasteiger partial charge in [0.1, 0.15) is 24.4 Å². The quantitative estimate of drug-likeness (QED) is 0.299. The summed E-state index contributed by atoms with van der Waals surface area (Å²) >= 11 is 0. The topological polar surface area (TPSA) is 139 Å². The molecule has 1 saturated heterocycles. The fourth-order valence-electron chi connectivity index (χ4n) is 1.60. The van der Waals surface area contributed by atoms with Crippen LogP contribution in [0.2, 0.25) is 0 Å². The number of rotatable bonds is 4. The molecule has 0 unspecified atom stereocenters. The lowest BCUT2D eigenvalue weighted by molar-refractivity contribution is -0.226. The van der Waals surface area contributed by atoms with Gasteiger partial charge in [-0.25, -0.2) is 0 Å². The summed E-state index contributed by atoms with van der Waals surface area (Å²) in [6, 6.07) is 0. The largest absolute Gasteiger partial charge is 0.395 e. The van der Waals surface area contributed by atoms with Gasteiger partial charge in [-0.1, -0.05) is 0 Å². The van der Waals surface area contributed by atoms with Gasteiger partial charge in [0.05, 0.1) is 13.2 Å². The molecule has 17 heavy (non-hydrogen) atoms. The van der Waals surface area contributed by atoms with Crippen LogP contribution in [-0.4, -0.2) is 81.7 Å². The van der Waals surface area contributed by atoms with E-state index in [1.165, 1.54) is 0 Å². The van der Waals surface area contributed by atoms with Crippen molar-refractivity contribution in [3.05, 3.63) is 0 Å². The summed E-state index contributed by atoms with van der Waals surface area (Å²) in [5, 5.41) is 48.1. The molecule has 0 radical (unpaired) electrons. The second-order valence-electron chi connectivity index (χ2n) is 3.76. The van der Waals surface area contributed by atoms with E-state index >= 15 is 0 Å². The number of hydrogen-bond acceptors (Lipinski definition) is 7. The summed E-state index contributed by atoms with van der Waals surface area (Å²) in [6.45, 7) is -0.883. The lowest BCUT2D eigenvalue weighted by Crippen LogP contribution is -2.62. The average Bonchev–Trinajstić information content (AvgIpc) is 2.33. The molecule has 1 amide bonds. The number of aliphatic hydroxyl groups is 5. The van der Waals surface area contributed by atoms with Gasteiger partial charge in [-0.2, -0.15) is 0 Å². The van der Waals surface area contributed by atoms with Gasteiger partial charge in [0.2, 0.25) is 0 Å². The fraction of sp³-hybridized carbons (Fsp3) is 0.889. The number of ether oxygens (including phenoxy) is 1. The molecule has 6 N–H and O–H groups in total. The maximum Gasteiger partial charge on any atom is 0.252 e. The molecule has 1 rings (SSSR count). The van der Waals surface area contributed by atoms with Gasteiger partial charge >= 0.3 is 0 Å². The highest BCUT2D eigenvalue weighted by Gasteiger charge is 2.46. The third-order valence-corrected chi connectivity index (χ3v) is 2.56. The maximum absolute atomic E-state index is 11.5. The van der Waals surface area contributed by atoms with Crippen molar-refractivity contribution in [2.75, 3.05) is 19.8 Å². The van der Waals surface area contributed by atoms with E-state index in [2.05, 4.69) is 5.32 Å². The second kappa shape index (κ2) is 6.24. The normalized spacial score (nSPS) is 37.8. The van der Waals surface area contributed by atoms with Crippen LogP contribution in [0.1, 0.15) is 0 Å². The molecule has 1 heterocycles. The predicted molar refractivity (Wildman–Crippen MR) is 53.9 cm³/mol. The van der Waals surface area contributed by atoms with Gasteiger partial charge in [0.25, 0.3) is 5.91 Å². The zero-order chi connectivity index (χ0) is 13.0. The maximum atomic E-state index is 11.5. The van der Waals surface area contributed by atoms with Crippen molar-refractivity contribution in [3.8, 4) is 0 Å². The summed E-state index contributed by atoms with van der Waals surface area (Å²) in [7, 11) is 0. The molecule has 0 spiro atoms. The smallest absolute Gasteiger partial charge is 0.252 e. The third-order valence-electron chi connectivity index (χ3n) is 2.56. The van der Waals surface area contributed by atoms with Crippen LogP contribution in [0.25, 0.3) is 0 Å². The lowest BCUT2D eigenvalue weighted by Gasteiger charge is -2.39. The fourth-order valence-corrected chi connectivity index (χ4v) is 1.60. The molecule has 5 atom stereocenters. The zero-order valence-electron chi connectivity index (χ0n) is 9.06. The first kappa shape index (κ1) is 14.3. The van der Waals surface area contributed by atoms with Crippen molar-refractivity contribution in [1.82, 2.24) is 5.32 Å². The first-order valence-corrected chi connectivity index (χ1v) is 5.22. The van der Waals surface area contributed by atoms with Gasteiger partial charge in [0.15, 0.2) is 6.10 Å². The van der Waals surface area contributed by atoms with Gasteiger partial charge in [-0.05, 0) is 0 Å². The van der Waals surface area contributed by atoms with Crippen LogP contribution in [0.15, 0.2) is 0 Å². The van der Waals surface area contributed by atoms with Crippen molar-refractivity contribution < 1.29 is 35.1 Å². The Labute approximate surface area is 97.4 Å². The van der Waals surface area contributed by atoms with Crippen LogP contribution in [0.3, 0.4) is 0 Å². The molecular weight excluding hydrogens is 234 g/mol. The predicted octanol–water partition coefficient (Wildman–Crippen LogP) is -4.06. The van der Waals surface area contributed by atoms with Crippen LogP contribution in [-0.2, 0) is 9.53 Å². The van der Waals surface area contributed by atoms with E-state index in [9.17, 15) is 20.1 Å². The van der Waals surface area contributed by atoms with Crippen molar-refractivity contribution >= 4 is 5.91 Å². The Bertz CT molecular complexity index is 260. The molecule has 100 valence electrons. The molecule has 0 aromatic carbocycles. The van der Waals surface area contributed by atoms with Crippen molar-refractivity contribution in [2.24, 2.45) is 0 Å². The first-order chi connectivity index (χ1) is 8.02. The summed E-state index contributed by atoms with van der Waals surface area (Å²) in [5.74, 6) is -0.726. The van der Waals surface area contributed by atoms with Crippen LogP contribution in [0, 0.1) is 0 Å². The Morgan fingerprint density at radius 1 is 1.12 bits per heavy atom. The molecule has 0 bridgehead atoms. The van der Waals surface area contributed by atoms with E-state index in [4.69, 9.17) is 14.9 Å². The first-order valence-electron chi connectivity index (χ1n) is 5.22. The molecule has 0 saturated carbocycles. The molecule has 8 heteroatoms. The highest BCUT2D eigenvalue weighted by atomic mass is 16.5. The van der Waals surface area contributed by atoms with Gasteiger partial charge in [0, 0.05) is 6.54 Å². The highest BCUT2D eigenvalue weighted by Crippen LogP contribution is 2.21. The Balaban J connectivity index is 2.68. The minimum Gasteiger partial charge on any atom is -0.395 e. The minimum absolute atomic E-state index is 0.0200. The van der Waals surface area contributed by atoms with Crippen molar-refractivity contribution in [3.63, 3.8) is 0 Å². The number of hydrogen-bond donors (Lipinski definition) is 6. The van der Waals surface area contributed by atoms with Crippen LogP contribution in [0.4, 0.5) is 0 Å². The molecule has 8 nitrogen and oxygen atoms in total. The molecule has 0 aliphatic carbocycles. The molecular formula is C9H17NO7. The van der Waals surface area contributed by atoms with Crippen molar-refractivity contribution in [2.45, 2.75) is 30.5 Å². The summed E-state index contributed by atoms with van der Waals surface area (Å²) in [5.41, 5.74) is 0. The molecule has 0 aromatic heterocycles. The van der Waals surface area contributed by atoms with E-state index in [1.54, 1.807) is 0 Å². The summed E-state index contributed by atoms with van der Waals surface area (Å²) in [4.78, 5) is 11.5. The van der Waals surface area contributed by atoms with Crippen LogP contribution in [0.5, 0.6) is 0 Å². The Morgan fingerprint density at radius 2 is 1.76 bits per heavy atom. The monoisotopic (exact) mass is 251 g/mol. The van der Waals surface area contributed by atoms with Crippen LogP contribution < -0.4 is 5.32 Å². The second-order valence-corrected chi connectivity index (χ2v) is 3.76. The minimum atomic E-state index is -1.59. The van der Waals surface area contributed by atoms with E-state index in [1.807, 2.05) is 0 Å². The van der Waals surface area contributed by atoms with Gasteiger partial charge in [-0.3, -0.25) is 4.79 Å². The number of nitrogens with one attached hydrogen (secondary N) is 1. The van der Waals surface area contributed by atoms with Crippen LogP contribution >= 0.6 is 0 Å². The third kappa shape index (κ3) is 3.12. The van der Waals surface area contributed by atoms with E-state index < -0.39 is 43.0 Å². The molecule has 1 fully saturated rings. The average molecular weight is 251 g/mol. The number of amides is 1. The molecule has 1 aliphatic heterocycles. The summed E-state index contributed by atoms with van der Waals surface area (Å²) in [6.07, 6.45) is -7.16. The summed E-state index contributed by atoms with van der Waals surface area (Å²) < 4.78 is 4.99. The van der Waals surface area contributed by atoms with E-state index in [0.29, 0.717) is 0 Å². The lowest BCUT2D eigenvalue weighted by atomic mass is 9.95. The number of aliphatic hydroxyl groups excluding tert-OH is 5. The van der Waals surface area contributed by atoms with Gasteiger partial charge < -0.3 is 35.6 Å². The Kier molecular flexibility index (Phi) is 5.25. The SMILES string of the molecule is O=C(NCCO)[C@H]1O[C@@H](CO)[C@@H](O)[C@H](O)[C@@H]1O. The van der Waals surface area contributed by atoms with Gasteiger partial charge in [-0.15, -0.1) is 0 Å². The number of carbonyl (C=O) groups excluding carboxylic acids is 1. The molecule has 1 aliphatic rings. The zero-order valence-corrected chi connectivity index (χ0v) is 9.06. The van der Waals surface area contributed by atoms with E-state index in [-0.39, 0.29) is 13.2 Å². The standard InChI is InChI=1S/C9H17NO7/c11-2-1-10-9(16)8-7(15)6(14)5(13)4(3-12)17-8/h4-8,11-15H,1-3H2,(H,10,16)/t4-,5+,6-,7-,8-/m0/s1. The van der Waals surface area contributed by atoms with Crippen molar-refractivity contribution in [1.29, 1.82) is 0 Å². The number of carbonyl (C=O) groups is 1. The Hall–Kier alpha value is -0.770. The highest BCUT2D eigenvalue weighted by molar-refractivity contribution is 5.81. The van der Waals surface area contributed by atoms with E-state index in [0.717, 1.165) is 0 Å². The molecule has 0 aromatic rings.